The normalized spacial score (nSPS) is 19.3. The summed E-state index contributed by atoms with van der Waals surface area (Å²) in [5, 5.41) is 0. The summed E-state index contributed by atoms with van der Waals surface area (Å²) in [6, 6.07) is 15.6. The standard InChI is InChI=1S/C23H30N2O4/c1-24(2)16-21-23(17-8-6-5-7-9-17)25(12-13-29-21)22(26)14-18-10-11-19(27-3)15-20(18)28-4/h5-11,15,21,23H,12-14,16H2,1-4H3/t21-,23-/m0/s1. The van der Waals surface area contributed by atoms with Crippen LogP contribution in [0.3, 0.4) is 0 Å². The molecule has 1 heterocycles. The number of nitrogens with zero attached hydrogens (tertiary/aromatic N) is 2. The Kier molecular flexibility index (Phi) is 7.12. The number of amides is 1. The Morgan fingerprint density at radius 2 is 1.90 bits per heavy atom. The molecule has 2 aromatic carbocycles. The molecule has 1 aliphatic heterocycles. The highest BCUT2D eigenvalue weighted by molar-refractivity contribution is 5.80. The topological polar surface area (TPSA) is 51.2 Å². The third kappa shape index (κ3) is 5.08. The fraction of sp³-hybridized carbons (Fsp3) is 0.435. The SMILES string of the molecule is COc1ccc(CC(=O)N2CCO[C@@H](CN(C)C)[C@@H]2c2ccccc2)c(OC)c1. The smallest absolute Gasteiger partial charge is 0.227 e. The van der Waals surface area contributed by atoms with E-state index in [0.29, 0.717) is 24.7 Å². The van der Waals surface area contributed by atoms with Crippen LogP contribution in [0.2, 0.25) is 0 Å². The minimum Gasteiger partial charge on any atom is -0.497 e. The summed E-state index contributed by atoms with van der Waals surface area (Å²) in [5.41, 5.74) is 1.94. The highest BCUT2D eigenvalue weighted by Gasteiger charge is 2.36. The lowest BCUT2D eigenvalue weighted by Crippen LogP contribution is -2.51. The van der Waals surface area contributed by atoms with E-state index in [2.05, 4.69) is 17.0 Å². The largest absolute Gasteiger partial charge is 0.497 e. The van der Waals surface area contributed by atoms with E-state index in [1.165, 1.54) is 0 Å². The minimum atomic E-state index is -0.121. The number of hydrogen-bond acceptors (Lipinski definition) is 5. The number of methoxy groups -OCH3 is 2. The molecular formula is C23H30N2O4. The molecule has 2 atom stereocenters. The number of ether oxygens (including phenoxy) is 3. The van der Waals surface area contributed by atoms with E-state index in [9.17, 15) is 4.79 Å². The van der Waals surface area contributed by atoms with E-state index < -0.39 is 0 Å². The van der Waals surface area contributed by atoms with Gasteiger partial charge in [0.1, 0.15) is 11.5 Å². The van der Waals surface area contributed by atoms with Gasteiger partial charge >= 0.3 is 0 Å². The van der Waals surface area contributed by atoms with Crippen LogP contribution >= 0.6 is 0 Å². The van der Waals surface area contributed by atoms with Crippen molar-refractivity contribution >= 4 is 5.91 Å². The van der Waals surface area contributed by atoms with Crippen molar-refractivity contribution in [2.45, 2.75) is 18.6 Å². The summed E-state index contributed by atoms with van der Waals surface area (Å²) in [5.74, 6) is 1.43. The highest BCUT2D eigenvalue weighted by Crippen LogP contribution is 2.32. The maximum atomic E-state index is 13.4. The molecule has 2 aromatic rings. The van der Waals surface area contributed by atoms with Crippen LogP contribution in [0, 0.1) is 0 Å². The molecule has 29 heavy (non-hydrogen) atoms. The van der Waals surface area contributed by atoms with Crippen LogP contribution in [-0.2, 0) is 16.0 Å². The van der Waals surface area contributed by atoms with Crippen molar-refractivity contribution in [2.24, 2.45) is 0 Å². The highest BCUT2D eigenvalue weighted by atomic mass is 16.5. The number of carbonyl (C=O) groups is 1. The number of morpholine rings is 1. The van der Waals surface area contributed by atoms with E-state index in [4.69, 9.17) is 14.2 Å². The van der Waals surface area contributed by atoms with E-state index >= 15 is 0 Å². The molecule has 156 valence electrons. The lowest BCUT2D eigenvalue weighted by atomic mass is 9.96. The predicted molar refractivity (Wildman–Crippen MR) is 112 cm³/mol. The lowest BCUT2D eigenvalue weighted by molar-refractivity contribution is -0.147. The van der Waals surface area contributed by atoms with E-state index in [-0.39, 0.29) is 24.5 Å². The second kappa shape index (κ2) is 9.76. The Hall–Kier alpha value is -2.57. The van der Waals surface area contributed by atoms with Gasteiger partial charge in [-0.05, 0) is 25.7 Å². The molecule has 6 heteroatoms. The molecule has 0 spiro atoms. The van der Waals surface area contributed by atoms with E-state index in [1.807, 2.05) is 55.4 Å². The number of benzene rings is 2. The fourth-order valence-electron chi connectivity index (χ4n) is 3.83. The summed E-state index contributed by atoms with van der Waals surface area (Å²) in [6.45, 7) is 1.85. The van der Waals surface area contributed by atoms with Crippen LogP contribution < -0.4 is 9.47 Å². The van der Waals surface area contributed by atoms with Crippen molar-refractivity contribution in [1.82, 2.24) is 9.80 Å². The maximum absolute atomic E-state index is 13.4. The van der Waals surface area contributed by atoms with Gasteiger partial charge < -0.3 is 24.0 Å². The Labute approximate surface area is 173 Å². The van der Waals surface area contributed by atoms with Gasteiger partial charge in [0, 0.05) is 24.7 Å². The predicted octanol–water partition coefficient (Wildman–Crippen LogP) is 2.78. The van der Waals surface area contributed by atoms with E-state index in [1.54, 1.807) is 14.2 Å². The second-order valence-corrected chi connectivity index (χ2v) is 7.47. The van der Waals surface area contributed by atoms with Gasteiger partial charge in [-0.2, -0.15) is 0 Å². The Morgan fingerprint density at radius 3 is 2.55 bits per heavy atom. The zero-order valence-electron chi connectivity index (χ0n) is 17.6. The van der Waals surface area contributed by atoms with Crippen molar-refractivity contribution in [3.05, 3.63) is 59.7 Å². The molecule has 1 saturated heterocycles. The summed E-state index contributed by atoms with van der Waals surface area (Å²) in [6.07, 6.45) is 0.188. The zero-order valence-corrected chi connectivity index (χ0v) is 17.6. The molecule has 0 aromatic heterocycles. The number of rotatable bonds is 7. The van der Waals surface area contributed by atoms with Gasteiger partial charge in [0.2, 0.25) is 5.91 Å². The average molecular weight is 399 g/mol. The molecule has 0 radical (unpaired) electrons. The molecule has 3 rings (SSSR count). The summed E-state index contributed by atoms with van der Waals surface area (Å²) >= 11 is 0. The Bertz CT molecular complexity index is 810. The first kappa shape index (κ1) is 21.1. The molecular weight excluding hydrogens is 368 g/mol. The number of likely N-dealkylation sites (N-methyl/N-ethyl adjacent to an activating group) is 1. The van der Waals surface area contributed by atoms with Crippen LogP contribution in [0.25, 0.3) is 0 Å². The maximum Gasteiger partial charge on any atom is 0.227 e. The van der Waals surface area contributed by atoms with Crippen LogP contribution in [0.1, 0.15) is 17.2 Å². The van der Waals surface area contributed by atoms with Gasteiger partial charge in [0.15, 0.2) is 0 Å². The van der Waals surface area contributed by atoms with Gasteiger partial charge in [-0.1, -0.05) is 36.4 Å². The number of hydrogen-bond donors (Lipinski definition) is 0. The first-order chi connectivity index (χ1) is 14.0. The molecule has 0 bridgehead atoms. The molecule has 1 aliphatic rings. The van der Waals surface area contributed by atoms with Gasteiger partial charge in [0.25, 0.3) is 0 Å². The molecule has 0 saturated carbocycles. The molecule has 0 aliphatic carbocycles. The van der Waals surface area contributed by atoms with Gasteiger partial charge in [-0.25, -0.2) is 0 Å². The first-order valence-corrected chi connectivity index (χ1v) is 9.85. The first-order valence-electron chi connectivity index (χ1n) is 9.85. The summed E-state index contributed by atoms with van der Waals surface area (Å²) < 4.78 is 16.8. The van der Waals surface area contributed by atoms with Crippen LogP contribution in [0.5, 0.6) is 11.5 Å². The van der Waals surface area contributed by atoms with Gasteiger partial charge in [-0.15, -0.1) is 0 Å². The molecule has 0 N–H and O–H groups in total. The fourth-order valence-corrected chi connectivity index (χ4v) is 3.83. The van der Waals surface area contributed by atoms with Crippen LogP contribution in [-0.4, -0.2) is 69.8 Å². The molecule has 1 fully saturated rings. The van der Waals surface area contributed by atoms with Gasteiger partial charge in [0.05, 0.1) is 39.4 Å². The Balaban J connectivity index is 1.87. The van der Waals surface area contributed by atoms with Crippen molar-refractivity contribution in [2.75, 3.05) is 48.0 Å². The van der Waals surface area contributed by atoms with Gasteiger partial charge in [-0.3, -0.25) is 4.79 Å². The van der Waals surface area contributed by atoms with E-state index in [0.717, 1.165) is 17.7 Å². The third-order valence-electron chi connectivity index (χ3n) is 5.19. The molecule has 6 nitrogen and oxygen atoms in total. The summed E-state index contributed by atoms with van der Waals surface area (Å²) in [7, 11) is 7.27. The summed E-state index contributed by atoms with van der Waals surface area (Å²) in [4.78, 5) is 17.4. The average Bonchev–Trinajstić information content (AvgIpc) is 2.74. The monoisotopic (exact) mass is 398 g/mol. The van der Waals surface area contributed by atoms with Crippen LogP contribution in [0.15, 0.2) is 48.5 Å². The lowest BCUT2D eigenvalue weighted by Gasteiger charge is -2.42. The van der Waals surface area contributed by atoms with Crippen molar-refractivity contribution in [3.63, 3.8) is 0 Å². The molecule has 1 amide bonds. The minimum absolute atomic E-state index is 0.0642. The quantitative estimate of drug-likeness (QED) is 0.718. The van der Waals surface area contributed by atoms with Crippen LogP contribution in [0.4, 0.5) is 0 Å². The molecule has 0 unspecified atom stereocenters. The zero-order chi connectivity index (χ0) is 20.8. The third-order valence-corrected chi connectivity index (χ3v) is 5.19. The second-order valence-electron chi connectivity index (χ2n) is 7.47. The van der Waals surface area contributed by atoms with Crippen molar-refractivity contribution < 1.29 is 19.0 Å². The number of carbonyl (C=O) groups excluding carboxylic acids is 1. The van der Waals surface area contributed by atoms with Crippen molar-refractivity contribution in [1.29, 1.82) is 0 Å². The Morgan fingerprint density at radius 1 is 1.14 bits per heavy atom. The van der Waals surface area contributed by atoms with Crippen molar-refractivity contribution in [3.8, 4) is 11.5 Å².